The van der Waals surface area contributed by atoms with Crippen molar-refractivity contribution in [1.29, 1.82) is 0 Å². The summed E-state index contributed by atoms with van der Waals surface area (Å²) in [6.45, 7) is 11.0. The molecular formula is C18H26N4O3S. The van der Waals surface area contributed by atoms with Crippen molar-refractivity contribution in [3.63, 3.8) is 0 Å². The highest BCUT2D eigenvalue weighted by molar-refractivity contribution is 7.89. The Labute approximate surface area is 154 Å². The summed E-state index contributed by atoms with van der Waals surface area (Å²) in [7, 11) is -3.69. The third-order valence-electron chi connectivity index (χ3n) is 4.24. The molecule has 0 spiro atoms. The van der Waals surface area contributed by atoms with Gasteiger partial charge in [-0.1, -0.05) is 17.7 Å². The van der Waals surface area contributed by atoms with Gasteiger partial charge in [-0.05, 0) is 45.7 Å². The van der Waals surface area contributed by atoms with Crippen molar-refractivity contribution in [2.24, 2.45) is 0 Å². The molecular weight excluding hydrogens is 352 g/mol. The van der Waals surface area contributed by atoms with Gasteiger partial charge in [0.2, 0.25) is 15.9 Å². The average Bonchev–Trinajstić information content (AvgIpc) is 2.84. The van der Waals surface area contributed by atoms with E-state index in [1.807, 2.05) is 32.9 Å². The Bertz CT molecular complexity index is 889. The maximum Gasteiger partial charge on any atom is 0.244 e. The van der Waals surface area contributed by atoms with Crippen LogP contribution in [0.4, 0.5) is 5.69 Å². The van der Waals surface area contributed by atoms with Gasteiger partial charge in [0.1, 0.15) is 4.90 Å². The summed E-state index contributed by atoms with van der Waals surface area (Å²) in [4.78, 5) is 13.9. The van der Waals surface area contributed by atoms with Crippen molar-refractivity contribution in [2.45, 2.75) is 46.4 Å². The molecule has 7 nitrogen and oxygen atoms in total. The van der Waals surface area contributed by atoms with Crippen LogP contribution in [0.3, 0.4) is 0 Å². The van der Waals surface area contributed by atoms with Crippen molar-refractivity contribution in [1.82, 2.24) is 14.9 Å². The summed E-state index contributed by atoms with van der Waals surface area (Å²) in [6.07, 6.45) is 0. The highest BCUT2D eigenvalue weighted by Gasteiger charge is 2.23. The second kappa shape index (κ2) is 7.59. The molecule has 0 fully saturated rings. The Hall–Kier alpha value is -2.19. The Morgan fingerprint density at radius 3 is 2.19 bits per heavy atom. The highest BCUT2D eigenvalue weighted by Crippen LogP contribution is 2.26. The lowest BCUT2D eigenvalue weighted by atomic mass is 10.0. The average molecular weight is 378 g/mol. The fraction of sp³-hybridized carbons (Fsp3) is 0.444. The third kappa shape index (κ3) is 4.13. The maximum absolute atomic E-state index is 12.5. The standard InChI is InChI=1S/C18H26N4O3S/c1-11-9-12(2)17(13(3)10-11)22(16(6)23)8-7-19-26(24,25)18-14(4)20-21-15(18)5/h9-10,19H,7-8H2,1-6H3,(H,20,21). The van der Waals surface area contributed by atoms with E-state index in [4.69, 9.17) is 0 Å². The minimum Gasteiger partial charge on any atom is -0.311 e. The van der Waals surface area contributed by atoms with Crippen molar-refractivity contribution in [2.75, 3.05) is 18.0 Å². The SMILES string of the molecule is CC(=O)N(CCNS(=O)(=O)c1c(C)n[nH]c1C)c1c(C)cc(C)cc1C. The van der Waals surface area contributed by atoms with E-state index in [0.717, 1.165) is 22.4 Å². The highest BCUT2D eigenvalue weighted by atomic mass is 32.2. The van der Waals surface area contributed by atoms with E-state index in [9.17, 15) is 13.2 Å². The van der Waals surface area contributed by atoms with Crippen LogP contribution in [0.15, 0.2) is 17.0 Å². The van der Waals surface area contributed by atoms with Gasteiger partial charge < -0.3 is 4.90 Å². The Morgan fingerprint density at radius 1 is 1.15 bits per heavy atom. The summed E-state index contributed by atoms with van der Waals surface area (Å²) < 4.78 is 27.6. The largest absolute Gasteiger partial charge is 0.311 e. The third-order valence-corrected chi connectivity index (χ3v) is 5.97. The Morgan fingerprint density at radius 2 is 1.73 bits per heavy atom. The van der Waals surface area contributed by atoms with Crippen LogP contribution in [0.2, 0.25) is 0 Å². The molecule has 1 aromatic carbocycles. The number of aromatic nitrogens is 2. The Balaban J connectivity index is 2.20. The number of aryl methyl sites for hydroxylation is 5. The number of nitrogens with zero attached hydrogens (tertiary/aromatic N) is 2. The van der Waals surface area contributed by atoms with E-state index in [-0.39, 0.29) is 23.9 Å². The Kier molecular flexibility index (Phi) is 5.87. The van der Waals surface area contributed by atoms with Crippen molar-refractivity contribution in [3.8, 4) is 0 Å². The number of carbonyl (C=O) groups is 1. The molecule has 1 amide bonds. The first-order valence-corrected chi connectivity index (χ1v) is 9.90. The van der Waals surface area contributed by atoms with E-state index in [1.165, 1.54) is 6.92 Å². The molecule has 0 saturated carbocycles. The quantitative estimate of drug-likeness (QED) is 0.806. The van der Waals surface area contributed by atoms with Crippen LogP contribution < -0.4 is 9.62 Å². The van der Waals surface area contributed by atoms with Gasteiger partial charge in [-0.25, -0.2) is 13.1 Å². The number of hydrogen-bond acceptors (Lipinski definition) is 4. The fourth-order valence-electron chi connectivity index (χ4n) is 3.33. The van der Waals surface area contributed by atoms with Crippen LogP contribution in [0.5, 0.6) is 0 Å². The molecule has 2 aromatic rings. The molecule has 26 heavy (non-hydrogen) atoms. The fourth-order valence-corrected chi connectivity index (χ4v) is 4.71. The zero-order valence-electron chi connectivity index (χ0n) is 16.1. The van der Waals surface area contributed by atoms with Crippen LogP contribution in [-0.2, 0) is 14.8 Å². The van der Waals surface area contributed by atoms with Gasteiger partial charge in [0, 0.05) is 25.7 Å². The molecule has 8 heteroatoms. The summed E-state index contributed by atoms with van der Waals surface area (Å²) in [6, 6.07) is 4.03. The number of nitrogens with one attached hydrogen (secondary N) is 2. The van der Waals surface area contributed by atoms with Crippen LogP contribution >= 0.6 is 0 Å². The van der Waals surface area contributed by atoms with Crippen molar-refractivity contribution < 1.29 is 13.2 Å². The second-order valence-electron chi connectivity index (χ2n) is 6.58. The smallest absolute Gasteiger partial charge is 0.244 e. The first-order valence-electron chi connectivity index (χ1n) is 8.41. The summed E-state index contributed by atoms with van der Waals surface area (Å²) in [5.74, 6) is -0.130. The predicted octanol–water partition coefficient (Wildman–Crippen LogP) is 2.28. The van der Waals surface area contributed by atoms with E-state index in [1.54, 1.807) is 18.7 Å². The van der Waals surface area contributed by atoms with Gasteiger partial charge in [-0.15, -0.1) is 0 Å². The van der Waals surface area contributed by atoms with Gasteiger partial charge >= 0.3 is 0 Å². The molecule has 2 N–H and O–H groups in total. The molecule has 0 bridgehead atoms. The van der Waals surface area contributed by atoms with Crippen molar-refractivity contribution >= 4 is 21.6 Å². The number of amides is 1. The van der Waals surface area contributed by atoms with E-state index >= 15 is 0 Å². The molecule has 0 aliphatic carbocycles. The molecule has 0 saturated heterocycles. The molecule has 2 rings (SSSR count). The number of anilines is 1. The number of sulfonamides is 1. The van der Waals surface area contributed by atoms with E-state index in [2.05, 4.69) is 14.9 Å². The topological polar surface area (TPSA) is 95.2 Å². The summed E-state index contributed by atoms with van der Waals surface area (Å²) >= 11 is 0. The number of rotatable bonds is 6. The molecule has 142 valence electrons. The molecule has 0 atom stereocenters. The van der Waals surface area contributed by atoms with Gasteiger partial charge in [0.15, 0.2) is 0 Å². The number of aromatic amines is 1. The normalized spacial score (nSPS) is 11.6. The zero-order chi connectivity index (χ0) is 19.6. The predicted molar refractivity (Wildman–Crippen MR) is 102 cm³/mol. The second-order valence-corrected chi connectivity index (χ2v) is 8.28. The van der Waals surface area contributed by atoms with Crippen LogP contribution in [0.1, 0.15) is 35.0 Å². The van der Waals surface area contributed by atoms with Gasteiger partial charge in [-0.3, -0.25) is 9.89 Å². The maximum atomic E-state index is 12.5. The number of benzene rings is 1. The minimum atomic E-state index is -3.69. The lowest BCUT2D eigenvalue weighted by Crippen LogP contribution is -2.38. The lowest BCUT2D eigenvalue weighted by Gasteiger charge is -2.25. The van der Waals surface area contributed by atoms with E-state index < -0.39 is 10.0 Å². The monoisotopic (exact) mass is 378 g/mol. The van der Waals surface area contributed by atoms with Gasteiger partial charge in [0.25, 0.3) is 0 Å². The molecule has 0 aliphatic rings. The van der Waals surface area contributed by atoms with Crippen LogP contribution in [-0.4, -0.2) is 37.6 Å². The first kappa shape index (κ1) is 20.1. The number of hydrogen-bond donors (Lipinski definition) is 2. The summed E-state index contributed by atoms with van der Waals surface area (Å²) in [5, 5.41) is 6.60. The molecule has 0 unspecified atom stereocenters. The van der Waals surface area contributed by atoms with Gasteiger partial charge in [-0.2, -0.15) is 5.10 Å². The van der Waals surface area contributed by atoms with Crippen LogP contribution in [0.25, 0.3) is 0 Å². The first-order chi connectivity index (χ1) is 12.0. The zero-order valence-corrected chi connectivity index (χ0v) is 16.9. The molecule has 0 aliphatic heterocycles. The number of carbonyl (C=O) groups excluding carboxylic acids is 1. The van der Waals surface area contributed by atoms with E-state index in [0.29, 0.717) is 11.4 Å². The molecule has 1 heterocycles. The summed E-state index contributed by atoms with van der Waals surface area (Å²) in [5.41, 5.74) is 4.84. The molecule has 0 radical (unpaired) electrons. The minimum absolute atomic E-state index is 0.110. The van der Waals surface area contributed by atoms with Gasteiger partial charge in [0.05, 0.1) is 11.4 Å². The van der Waals surface area contributed by atoms with Crippen LogP contribution in [0, 0.1) is 34.6 Å². The van der Waals surface area contributed by atoms with Crippen molar-refractivity contribution in [3.05, 3.63) is 40.2 Å². The lowest BCUT2D eigenvalue weighted by molar-refractivity contribution is -0.116. The molecule has 1 aromatic heterocycles. The number of H-pyrrole nitrogens is 1.